The van der Waals surface area contributed by atoms with Crippen molar-refractivity contribution in [1.29, 1.82) is 0 Å². The van der Waals surface area contributed by atoms with Crippen LogP contribution in [-0.2, 0) is 17.6 Å². The Balaban J connectivity index is 1.96. The number of aryl methyl sites for hydroxylation is 1. The van der Waals surface area contributed by atoms with Crippen LogP contribution in [0.25, 0.3) is 0 Å². The van der Waals surface area contributed by atoms with Gasteiger partial charge in [0.2, 0.25) is 0 Å². The molecule has 2 N–H and O–H groups in total. The first-order valence-corrected chi connectivity index (χ1v) is 9.27. The Bertz CT molecular complexity index is 880. The molecule has 2 aromatic rings. The average molecular weight is 392 g/mol. The van der Waals surface area contributed by atoms with Gasteiger partial charge in [0.25, 0.3) is 5.91 Å². The number of carbonyl (C=O) groups is 2. The lowest BCUT2D eigenvalue weighted by Crippen LogP contribution is -2.30. The van der Waals surface area contributed by atoms with E-state index in [9.17, 15) is 22.8 Å². The minimum absolute atomic E-state index is 0.0642. The molecule has 1 aliphatic rings. The number of nitrogens with one attached hydrogen (secondary N) is 2. The molecule has 0 saturated heterocycles. The number of halogens is 3. The van der Waals surface area contributed by atoms with Crippen LogP contribution in [0.2, 0.25) is 0 Å². The molecule has 0 spiro atoms. The number of anilines is 2. The number of amides is 2. The Kier molecular flexibility index (Phi) is 5.60. The number of thiophene rings is 1. The van der Waals surface area contributed by atoms with Crippen LogP contribution in [0.1, 0.15) is 40.1 Å². The molecule has 2 radical (unpaired) electrons. The van der Waals surface area contributed by atoms with E-state index < -0.39 is 18.0 Å². The average Bonchev–Trinajstić information content (AvgIpc) is 2.75. The number of fused-ring (bicyclic) bond motifs is 1. The molecule has 3 rings (SSSR count). The maximum Gasteiger partial charge on any atom is 0.471 e. The molecule has 1 aliphatic carbocycles. The van der Waals surface area contributed by atoms with Gasteiger partial charge in [-0.3, -0.25) is 9.59 Å². The summed E-state index contributed by atoms with van der Waals surface area (Å²) in [5.74, 6) is -2.64. The normalized spacial score (nSPS) is 14.2. The Morgan fingerprint density at radius 1 is 1.07 bits per heavy atom. The minimum atomic E-state index is -5.02. The highest BCUT2D eigenvalue weighted by Gasteiger charge is 2.40. The number of hydrogen-bond donors (Lipinski definition) is 2. The second-order valence-corrected chi connectivity index (χ2v) is 7.41. The predicted octanol–water partition coefficient (Wildman–Crippen LogP) is 3.56. The molecule has 9 heteroatoms. The summed E-state index contributed by atoms with van der Waals surface area (Å²) < 4.78 is 38.1. The number of hydrogen-bond acceptors (Lipinski definition) is 3. The van der Waals surface area contributed by atoms with Gasteiger partial charge < -0.3 is 10.6 Å². The monoisotopic (exact) mass is 392 g/mol. The maximum absolute atomic E-state index is 12.8. The predicted molar refractivity (Wildman–Crippen MR) is 100 cm³/mol. The van der Waals surface area contributed by atoms with Crippen molar-refractivity contribution in [2.24, 2.45) is 0 Å². The Labute approximate surface area is 159 Å². The second kappa shape index (κ2) is 7.76. The lowest BCUT2D eigenvalue weighted by atomic mass is 9.96. The molecule has 140 valence electrons. The van der Waals surface area contributed by atoms with Crippen LogP contribution in [-0.4, -0.2) is 25.8 Å². The van der Waals surface area contributed by atoms with Crippen LogP contribution in [0.3, 0.4) is 0 Å². The Morgan fingerprint density at radius 2 is 1.81 bits per heavy atom. The molecule has 1 aromatic carbocycles. The van der Waals surface area contributed by atoms with Gasteiger partial charge in [0.05, 0.1) is 5.56 Å². The zero-order valence-electron chi connectivity index (χ0n) is 14.3. The van der Waals surface area contributed by atoms with E-state index >= 15 is 0 Å². The first-order valence-electron chi connectivity index (χ1n) is 8.45. The number of rotatable bonds is 3. The van der Waals surface area contributed by atoms with Gasteiger partial charge in [0.1, 0.15) is 12.8 Å². The first kappa shape index (κ1) is 19.5. The lowest BCUT2D eigenvalue weighted by Gasteiger charge is -2.11. The quantitative estimate of drug-likeness (QED) is 0.620. The summed E-state index contributed by atoms with van der Waals surface area (Å²) in [5, 5.41) is 4.47. The van der Waals surface area contributed by atoms with E-state index in [-0.39, 0.29) is 10.6 Å². The van der Waals surface area contributed by atoms with Crippen LogP contribution in [0, 0.1) is 0 Å². The van der Waals surface area contributed by atoms with Crippen molar-refractivity contribution < 1.29 is 22.8 Å². The third-order valence-electron chi connectivity index (χ3n) is 4.28. The van der Waals surface area contributed by atoms with Gasteiger partial charge in [-0.1, -0.05) is 24.0 Å². The molecule has 0 bridgehead atoms. The lowest BCUT2D eigenvalue weighted by molar-refractivity contribution is -0.167. The summed E-state index contributed by atoms with van der Waals surface area (Å²) in [7, 11) is 5.70. The van der Waals surface area contributed by atoms with Crippen molar-refractivity contribution in [3.63, 3.8) is 0 Å². The van der Waals surface area contributed by atoms with E-state index in [2.05, 4.69) is 5.32 Å². The third-order valence-corrected chi connectivity index (χ3v) is 5.48. The SMILES string of the molecule is [B]c1cccc(NC(=O)c2c(NC(=O)C(F)(F)F)sc3c2CCCCC3)c1. The molecular formula is C18H16BF3N2O2S. The van der Waals surface area contributed by atoms with E-state index in [1.54, 1.807) is 24.3 Å². The smallest absolute Gasteiger partial charge is 0.322 e. The van der Waals surface area contributed by atoms with Crippen LogP contribution < -0.4 is 16.1 Å². The molecule has 0 aliphatic heterocycles. The van der Waals surface area contributed by atoms with Crippen molar-refractivity contribution >= 4 is 47.1 Å². The van der Waals surface area contributed by atoms with E-state index in [4.69, 9.17) is 7.85 Å². The van der Waals surface area contributed by atoms with Gasteiger partial charge in [-0.05, 0) is 43.4 Å². The highest BCUT2D eigenvalue weighted by molar-refractivity contribution is 7.17. The summed E-state index contributed by atoms with van der Waals surface area (Å²) in [6, 6.07) is 6.50. The van der Waals surface area contributed by atoms with Crippen LogP contribution in [0.15, 0.2) is 24.3 Å². The fourth-order valence-electron chi connectivity index (χ4n) is 3.05. The second-order valence-electron chi connectivity index (χ2n) is 6.30. The highest BCUT2D eigenvalue weighted by Crippen LogP contribution is 2.38. The molecule has 0 fully saturated rings. The summed E-state index contributed by atoms with van der Waals surface area (Å²) in [6.07, 6.45) is -1.02. The van der Waals surface area contributed by atoms with Gasteiger partial charge in [-0.25, -0.2) is 0 Å². The summed E-state index contributed by atoms with van der Waals surface area (Å²) in [4.78, 5) is 25.1. The summed E-state index contributed by atoms with van der Waals surface area (Å²) >= 11 is 1.04. The zero-order chi connectivity index (χ0) is 19.6. The topological polar surface area (TPSA) is 58.2 Å². The van der Waals surface area contributed by atoms with Crippen molar-refractivity contribution in [3.05, 3.63) is 40.3 Å². The fourth-order valence-corrected chi connectivity index (χ4v) is 4.34. The summed E-state index contributed by atoms with van der Waals surface area (Å²) in [5.41, 5.74) is 1.71. The van der Waals surface area contributed by atoms with Crippen molar-refractivity contribution in [3.8, 4) is 0 Å². The van der Waals surface area contributed by atoms with E-state index in [0.29, 0.717) is 24.0 Å². The van der Waals surface area contributed by atoms with Gasteiger partial charge >= 0.3 is 12.1 Å². The third kappa shape index (κ3) is 4.52. The van der Waals surface area contributed by atoms with Gasteiger partial charge in [-0.15, -0.1) is 11.3 Å². The molecule has 0 atom stereocenters. The van der Waals surface area contributed by atoms with Crippen molar-refractivity contribution in [1.82, 2.24) is 0 Å². The van der Waals surface area contributed by atoms with Crippen molar-refractivity contribution in [2.75, 3.05) is 10.6 Å². The minimum Gasteiger partial charge on any atom is -0.322 e. The molecule has 1 heterocycles. The molecule has 27 heavy (non-hydrogen) atoms. The molecule has 2 amide bonds. The maximum atomic E-state index is 12.8. The molecule has 1 aromatic heterocycles. The van der Waals surface area contributed by atoms with Gasteiger partial charge in [-0.2, -0.15) is 13.2 Å². The van der Waals surface area contributed by atoms with Crippen LogP contribution >= 0.6 is 11.3 Å². The fraction of sp³-hybridized carbons (Fsp3) is 0.333. The van der Waals surface area contributed by atoms with E-state index in [0.717, 1.165) is 41.0 Å². The molecular weight excluding hydrogens is 376 g/mol. The first-order chi connectivity index (χ1) is 12.8. The highest BCUT2D eigenvalue weighted by atomic mass is 32.1. The molecule has 0 saturated carbocycles. The van der Waals surface area contributed by atoms with Crippen LogP contribution in [0.5, 0.6) is 0 Å². The van der Waals surface area contributed by atoms with E-state index in [1.807, 2.05) is 5.32 Å². The zero-order valence-corrected chi connectivity index (χ0v) is 15.1. The van der Waals surface area contributed by atoms with Crippen molar-refractivity contribution in [2.45, 2.75) is 38.3 Å². The van der Waals surface area contributed by atoms with Gasteiger partial charge in [0.15, 0.2) is 0 Å². The molecule has 0 unspecified atom stereocenters. The standard InChI is InChI=1S/C18H16BF3N2O2S/c19-10-5-4-6-11(9-10)23-15(25)14-12-7-2-1-3-8-13(12)27-16(14)24-17(26)18(20,21)22/h4-6,9H,1-3,7-8H2,(H,23,25)(H,24,26). The van der Waals surface area contributed by atoms with Gasteiger partial charge in [0, 0.05) is 10.6 Å². The largest absolute Gasteiger partial charge is 0.471 e. The number of alkyl halides is 3. The molecule has 4 nitrogen and oxygen atoms in total. The number of carbonyl (C=O) groups excluding carboxylic acids is 2. The Morgan fingerprint density at radius 3 is 2.52 bits per heavy atom. The van der Waals surface area contributed by atoms with Crippen LogP contribution in [0.4, 0.5) is 23.9 Å². The Hall–Kier alpha value is -2.29. The number of benzene rings is 1. The summed E-state index contributed by atoms with van der Waals surface area (Å²) in [6.45, 7) is 0. The van der Waals surface area contributed by atoms with E-state index in [1.165, 1.54) is 0 Å².